The Morgan fingerprint density at radius 3 is 2.18 bits per heavy atom. The van der Waals surface area contributed by atoms with Gasteiger partial charge in [-0.1, -0.05) is 30.3 Å². The zero-order valence-electron chi connectivity index (χ0n) is 10.2. The maximum absolute atomic E-state index is 5.66. The molecule has 0 bridgehead atoms. The third kappa shape index (κ3) is 3.04. The molecular weight excluding hydrogens is 231 g/mol. The summed E-state index contributed by atoms with van der Waals surface area (Å²) in [7, 11) is -0.929. The first-order chi connectivity index (χ1) is 8.35. The van der Waals surface area contributed by atoms with Crippen molar-refractivity contribution in [3.05, 3.63) is 42.5 Å². The van der Waals surface area contributed by atoms with E-state index in [1.54, 1.807) is 0 Å². The minimum absolute atomic E-state index is 0.679. The summed E-state index contributed by atoms with van der Waals surface area (Å²) in [6.07, 6.45) is 0. The fourth-order valence-corrected chi connectivity index (χ4v) is 2.99. The Hall–Kier alpha value is -0.950. The lowest BCUT2D eigenvalue weighted by Gasteiger charge is -2.16. The van der Waals surface area contributed by atoms with Gasteiger partial charge in [0.05, 0.1) is 13.2 Å². The van der Waals surface area contributed by atoms with Gasteiger partial charge in [-0.15, -0.1) is 0 Å². The standard InChI is InChI=1S/C14H17O2P/c1-3-15-17(16-4-2)14-10-9-12-7-5-6-8-13(12)11-14/h5-11H,3-4H2,1-2H3. The Bertz CT molecular complexity index is 478. The molecule has 2 rings (SSSR count). The van der Waals surface area contributed by atoms with Crippen LogP contribution in [0.25, 0.3) is 10.8 Å². The van der Waals surface area contributed by atoms with Crippen LogP contribution in [0.5, 0.6) is 0 Å². The number of hydrogen-bond acceptors (Lipinski definition) is 2. The van der Waals surface area contributed by atoms with E-state index in [0.29, 0.717) is 13.2 Å². The molecule has 0 saturated carbocycles. The lowest BCUT2D eigenvalue weighted by molar-refractivity contribution is 0.277. The molecule has 17 heavy (non-hydrogen) atoms. The van der Waals surface area contributed by atoms with Gasteiger partial charge < -0.3 is 9.05 Å². The van der Waals surface area contributed by atoms with Crippen molar-refractivity contribution in [3.63, 3.8) is 0 Å². The van der Waals surface area contributed by atoms with Crippen molar-refractivity contribution in [2.45, 2.75) is 13.8 Å². The minimum atomic E-state index is -0.929. The van der Waals surface area contributed by atoms with E-state index in [1.807, 2.05) is 13.8 Å². The van der Waals surface area contributed by atoms with E-state index in [4.69, 9.17) is 9.05 Å². The van der Waals surface area contributed by atoms with E-state index < -0.39 is 8.38 Å². The first-order valence-electron chi connectivity index (χ1n) is 5.90. The maximum atomic E-state index is 5.66. The normalized spacial score (nSPS) is 11.2. The topological polar surface area (TPSA) is 18.5 Å². The Labute approximate surface area is 103 Å². The summed E-state index contributed by atoms with van der Waals surface area (Å²) >= 11 is 0. The average molecular weight is 248 g/mol. The summed E-state index contributed by atoms with van der Waals surface area (Å²) in [4.78, 5) is 0. The summed E-state index contributed by atoms with van der Waals surface area (Å²) in [5.41, 5.74) is 0. The van der Waals surface area contributed by atoms with Gasteiger partial charge in [0, 0.05) is 5.30 Å². The second-order valence-electron chi connectivity index (χ2n) is 3.62. The summed E-state index contributed by atoms with van der Waals surface area (Å²) < 4.78 is 11.3. The van der Waals surface area contributed by atoms with Crippen molar-refractivity contribution in [2.24, 2.45) is 0 Å². The molecular formula is C14H17O2P. The highest BCUT2D eigenvalue weighted by molar-refractivity contribution is 7.56. The van der Waals surface area contributed by atoms with Crippen LogP contribution < -0.4 is 5.30 Å². The molecule has 0 radical (unpaired) electrons. The third-order valence-electron chi connectivity index (χ3n) is 2.44. The third-order valence-corrected chi connectivity index (χ3v) is 4.12. The molecule has 2 nitrogen and oxygen atoms in total. The van der Waals surface area contributed by atoms with E-state index in [1.165, 1.54) is 10.8 Å². The van der Waals surface area contributed by atoms with Crippen LogP contribution in [-0.2, 0) is 9.05 Å². The molecule has 90 valence electrons. The Balaban J connectivity index is 2.32. The van der Waals surface area contributed by atoms with Gasteiger partial charge in [0.1, 0.15) is 0 Å². The predicted molar refractivity (Wildman–Crippen MR) is 73.8 cm³/mol. The minimum Gasteiger partial charge on any atom is -0.331 e. The van der Waals surface area contributed by atoms with Crippen LogP contribution >= 0.6 is 8.38 Å². The highest BCUT2D eigenvalue weighted by Crippen LogP contribution is 2.37. The lowest BCUT2D eigenvalue weighted by Crippen LogP contribution is -2.05. The molecule has 0 amide bonds. The molecule has 0 unspecified atom stereocenters. The smallest absolute Gasteiger partial charge is 0.205 e. The van der Waals surface area contributed by atoms with Gasteiger partial charge in [-0.25, -0.2) is 0 Å². The second-order valence-corrected chi connectivity index (χ2v) is 5.17. The van der Waals surface area contributed by atoms with Gasteiger partial charge in [0.25, 0.3) is 0 Å². The van der Waals surface area contributed by atoms with Crippen LogP contribution in [0.2, 0.25) is 0 Å². The van der Waals surface area contributed by atoms with Crippen molar-refractivity contribution < 1.29 is 9.05 Å². The zero-order chi connectivity index (χ0) is 12.1. The van der Waals surface area contributed by atoms with Gasteiger partial charge in [-0.3, -0.25) is 0 Å². The van der Waals surface area contributed by atoms with E-state index in [9.17, 15) is 0 Å². The van der Waals surface area contributed by atoms with Crippen molar-refractivity contribution in [3.8, 4) is 0 Å². The summed E-state index contributed by atoms with van der Waals surface area (Å²) in [5, 5.41) is 3.62. The number of benzene rings is 2. The van der Waals surface area contributed by atoms with Crippen molar-refractivity contribution in [1.29, 1.82) is 0 Å². The SMILES string of the molecule is CCOP(OCC)c1ccc2ccccc2c1. The van der Waals surface area contributed by atoms with Gasteiger partial charge in [0.15, 0.2) is 0 Å². The highest BCUT2D eigenvalue weighted by Gasteiger charge is 2.12. The van der Waals surface area contributed by atoms with E-state index in [-0.39, 0.29) is 0 Å². The molecule has 0 spiro atoms. The molecule has 3 heteroatoms. The van der Waals surface area contributed by atoms with Crippen LogP contribution in [-0.4, -0.2) is 13.2 Å². The van der Waals surface area contributed by atoms with Gasteiger partial charge >= 0.3 is 0 Å². The molecule has 0 atom stereocenters. The van der Waals surface area contributed by atoms with E-state index in [0.717, 1.165) is 5.30 Å². The Morgan fingerprint density at radius 2 is 1.53 bits per heavy atom. The summed E-state index contributed by atoms with van der Waals surface area (Å²) in [6.45, 7) is 5.35. The molecule has 0 N–H and O–H groups in total. The summed E-state index contributed by atoms with van der Waals surface area (Å²) in [6, 6.07) is 14.7. The number of hydrogen-bond donors (Lipinski definition) is 0. The Morgan fingerprint density at radius 1 is 0.882 bits per heavy atom. The van der Waals surface area contributed by atoms with Crippen LogP contribution in [0.1, 0.15) is 13.8 Å². The molecule has 0 aliphatic rings. The molecule has 0 heterocycles. The molecule has 0 aromatic heterocycles. The molecule has 0 fully saturated rings. The molecule has 0 aliphatic carbocycles. The zero-order valence-corrected chi connectivity index (χ0v) is 11.1. The van der Waals surface area contributed by atoms with Gasteiger partial charge in [-0.05, 0) is 36.8 Å². The van der Waals surface area contributed by atoms with Crippen molar-refractivity contribution in [1.82, 2.24) is 0 Å². The maximum Gasteiger partial charge on any atom is 0.205 e. The number of fused-ring (bicyclic) bond motifs is 1. The van der Waals surface area contributed by atoms with Crippen LogP contribution in [0.4, 0.5) is 0 Å². The molecule has 2 aromatic rings. The monoisotopic (exact) mass is 248 g/mol. The second kappa shape index (κ2) is 6.11. The number of rotatable bonds is 5. The van der Waals surface area contributed by atoms with E-state index in [2.05, 4.69) is 42.5 Å². The van der Waals surface area contributed by atoms with Crippen molar-refractivity contribution >= 4 is 24.5 Å². The van der Waals surface area contributed by atoms with Gasteiger partial charge in [-0.2, -0.15) is 0 Å². The van der Waals surface area contributed by atoms with Crippen molar-refractivity contribution in [2.75, 3.05) is 13.2 Å². The first-order valence-corrected chi connectivity index (χ1v) is 7.07. The average Bonchev–Trinajstić information content (AvgIpc) is 2.38. The largest absolute Gasteiger partial charge is 0.331 e. The van der Waals surface area contributed by atoms with Crippen LogP contribution in [0.3, 0.4) is 0 Å². The molecule has 0 saturated heterocycles. The predicted octanol–water partition coefficient (Wildman–Crippen LogP) is 3.85. The molecule has 0 aliphatic heterocycles. The van der Waals surface area contributed by atoms with E-state index >= 15 is 0 Å². The highest BCUT2D eigenvalue weighted by atomic mass is 31.2. The van der Waals surface area contributed by atoms with Crippen LogP contribution in [0, 0.1) is 0 Å². The first kappa shape index (κ1) is 12.5. The quantitative estimate of drug-likeness (QED) is 0.748. The Kier molecular flexibility index (Phi) is 4.49. The van der Waals surface area contributed by atoms with Gasteiger partial charge in [0.2, 0.25) is 8.38 Å². The molecule has 2 aromatic carbocycles. The van der Waals surface area contributed by atoms with Crippen LogP contribution in [0.15, 0.2) is 42.5 Å². The lowest BCUT2D eigenvalue weighted by atomic mass is 10.1. The fraction of sp³-hybridized carbons (Fsp3) is 0.286. The fourth-order valence-electron chi connectivity index (χ4n) is 1.71. The summed E-state index contributed by atoms with van der Waals surface area (Å²) in [5.74, 6) is 0.